The molecule has 0 N–H and O–H groups in total. The van der Waals surface area contributed by atoms with Gasteiger partial charge in [0.2, 0.25) is 10.0 Å². The minimum Gasteiger partial charge on any atom is -0.452 e. The third-order valence-electron chi connectivity index (χ3n) is 4.47. The Bertz CT molecular complexity index is 815. The molecule has 2 rings (SSSR count). The maximum Gasteiger partial charge on any atom is 0.338 e. The molecule has 1 aliphatic rings. The molecule has 1 aromatic carbocycles. The highest BCUT2D eigenvalue weighted by molar-refractivity contribution is 7.89. The molecule has 1 fully saturated rings. The summed E-state index contributed by atoms with van der Waals surface area (Å²) >= 11 is 5.97. The van der Waals surface area contributed by atoms with E-state index in [-0.39, 0.29) is 28.0 Å². The van der Waals surface area contributed by atoms with Gasteiger partial charge in [-0.3, -0.25) is 4.79 Å². The van der Waals surface area contributed by atoms with Crippen molar-refractivity contribution in [3.63, 3.8) is 0 Å². The molecule has 1 heterocycles. The average molecular weight is 417 g/mol. The summed E-state index contributed by atoms with van der Waals surface area (Å²) in [5.74, 6) is -0.211. The number of benzene rings is 1. The number of likely N-dealkylation sites (tertiary alicyclic amines) is 1. The molecule has 0 radical (unpaired) electrons. The topological polar surface area (TPSA) is 84.0 Å². The number of nitrogens with zero attached hydrogens (tertiary/aromatic N) is 2. The van der Waals surface area contributed by atoms with Gasteiger partial charge in [0, 0.05) is 27.2 Å². The van der Waals surface area contributed by atoms with E-state index >= 15 is 0 Å². The lowest BCUT2D eigenvalue weighted by Crippen LogP contribution is -2.44. The first kappa shape index (κ1) is 21.7. The highest BCUT2D eigenvalue weighted by Gasteiger charge is 2.27. The second-order valence-corrected chi connectivity index (χ2v) is 9.78. The summed E-state index contributed by atoms with van der Waals surface area (Å²) in [4.78, 5) is 26.1. The van der Waals surface area contributed by atoms with E-state index in [1.807, 2.05) is 0 Å². The van der Waals surface area contributed by atoms with Crippen LogP contribution in [0.1, 0.15) is 30.6 Å². The van der Waals surface area contributed by atoms with Crippen LogP contribution >= 0.6 is 11.6 Å². The van der Waals surface area contributed by atoms with E-state index < -0.39 is 16.0 Å². The van der Waals surface area contributed by atoms with Crippen LogP contribution in [0, 0.1) is 11.8 Å². The maximum absolute atomic E-state index is 12.3. The SMILES string of the molecule is CC1CC(C)CN(C(=O)COC(=O)c2ccc(Cl)c(S(=O)(=O)N(C)C)c2)C1. The van der Waals surface area contributed by atoms with Crippen LogP contribution in [-0.4, -0.2) is 63.3 Å². The van der Waals surface area contributed by atoms with Crippen LogP contribution in [0.3, 0.4) is 0 Å². The van der Waals surface area contributed by atoms with Crippen molar-refractivity contribution in [2.24, 2.45) is 11.8 Å². The first-order valence-electron chi connectivity index (χ1n) is 8.69. The molecule has 1 aromatic rings. The lowest BCUT2D eigenvalue weighted by Gasteiger charge is -2.34. The minimum absolute atomic E-state index is 0.00705. The van der Waals surface area contributed by atoms with E-state index in [1.165, 1.54) is 26.2 Å². The van der Waals surface area contributed by atoms with Crippen LogP contribution in [-0.2, 0) is 19.6 Å². The van der Waals surface area contributed by atoms with Gasteiger partial charge in [0.05, 0.1) is 10.6 Å². The van der Waals surface area contributed by atoms with E-state index in [9.17, 15) is 18.0 Å². The lowest BCUT2D eigenvalue weighted by atomic mass is 9.92. The zero-order valence-electron chi connectivity index (χ0n) is 15.9. The summed E-state index contributed by atoms with van der Waals surface area (Å²) in [6.45, 7) is 5.08. The van der Waals surface area contributed by atoms with Crippen molar-refractivity contribution in [1.29, 1.82) is 0 Å². The van der Waals surface area contributed by atoms with Crippen LogP contribution in [0.5, 0.6) is 0 Å². The summed E-state index contributed by atoms with van der Waals surface area (Å²) in [6, 6.07) is 3.86. The Kier molecular flexibility index (Phi) is 6.88. The molecule has 2 unspecified atom stereocenters. The number of halogens is 1. The Hall–Kier alpha value is -1.64. The fourth-order valence-electron chi connectivity index (χ4n) is 3.19. The molecule has 1 aliphatic heterocycles. The predicted octanol–water partition coefficient (Wildman–Crippen LogP) is 2.25. The number of sulfonamides is 1. The average Bonchev–Trinajstić information content (AvgIpc) is 2.58. The summed E-state index contributed by atoms with van der Waals surface area (Å²) in [7, 11) is -1.06. The van der Waals surface area contributed by atoms with Crippen LogP contribution in [0.4, 0.5) is 0 Å². The van der Waals surface area contributed by atoms with Gasteiger partial charge in [0.25, 0.3) is 5.91 Å². The second kappa shape index (κ2) is 8.58. The summed E-state index contributed by atoms with van der Waals surface area (Å²) in [5.41, 5.74) is 0.0213. The van der Waals surface area contributed by atoms with Gasteiger partial charge in [-0.25, -0.2) is 17.5 Å². The van der Waals surface area contributed by atoms with Gasteiger partial charge < -0.3 is 9.64 Å². The molecule has 9 heteroatoms. The van der Waals surface area contributed by atoms with E-state index in [1.54, 1.807) is 4.90 Å². The summed E-state index contributed by atoms with van der Waals surface area (Å²) in [5, 5.41) is 0.00705. The third-order valence-corrected chi connectivity index (χ3v) is 6.77. The second-order valence-electron chi connectivity index (χ2n) is 7.25. The fraction of sp³-hybridized carbons (Fsp3) is 0.556. The Labute approximate surface area is 165 Å². The van der Waals surface area contributed by atoms with Gasteiger partial charge in [-0.05, 0) is 36.5 Å². The Morgan fingerprint density at radius 1 is 1.22 bits per heavy atom. The molecule has 0 aliphatic carbocycles. The number of piperidine rings is 1. The van der Waals surface area contributed by atoms with Crippen LogP contribution < -0.4 is 0 Å². The minimum atomic E-state index is -3.81. The van der Waals surface area contributed by atoms with Gasteiger partial charge in [-0.2, -0.15) is 0 Å². The molecule has 0 spiro atoms. The third kappa shape index (κ3) is 5.21. The highest BCUT2D eigenvalue weighted by atomic mass is 35.5. The van der Waals surface area contributed by atoms with Gasteiger partial charge in [-0.1, -0.05) is 25.4 Å². The standard InChI is InChI=1S/C18H25ClN2O5S/c1-12-7-13(2)10-21(9-12)17(22)11-26-18(23)14-5-6-15(19)16(8-14)27(24,25)20(3)4/h5-6,8,12-13H,7,9-11H2,1-4H3. The Balaban J connectivity index is 2.07. The number of amides is 1. The van der Waals surface area contributed by atoms with Crippen molar-refractivity contribution in [3.8, 4) is 0 Å². The van der Waals surface area contributed by atoms with Gasteiger partial charge in [-0.15, -0.1) is 0 Å². The van der Waals surface area contributed by atoms with Crippen molar-refractivity contribution in [2.45, 2.75) is 25.2 Å². The first-order chi connectivity index (χ1) is 12.5. The number of carbonyl (C=O) groups excluding carboxylic acids is 2. The van der Waals surface area contributed by atoms with E-state index in [0.717, 1.165) is 16.8 Å². The number of carbonyl (C=O) groups is 2. The van der Waals surface area contributed by atoms with Crippen LogP contribution in [0.25, 0.3) is 0 Å². The van der Waals surface area contributed by atoms with Gasteiger partial charge in [0.15, 0.2) is 6.61 Å². The summed E-state index contributed by atoms with van der Waals surface area (Å²) in [6.07, 6.45) is 1.07. The predicted molar refractivity (Wildman–Crippen MR) is 102 cm³/mol. The van der Waals surface area contributed by atoms with Gasteiger partial charge >= 0.3 is 5.97 Å². The van der Waals surface area contributed by atoms with Crippen molar-refractivity contribution in [1.82, 2.24) is 9.21 Å². The quantitative estimate of drug-likeness (QED) is 0.687. The maximum atomic E-state index is 12.3. The molecule has 0 aromatic heterocycles. The molecule has 150 valence electrons. The molecule has 0 bridgehead atoms. The van der Waals surface area contributed by atoms with Crippen molar-refractivity contribution >= 4 is 33.5 Å². The molecule has 0 saturated carbocycles. The zero-order valence-corrected chi connectivity index (χ0v) is 17.5. The van der Waals surface area contributed by atoms with E-state index in [0.29, 0.717) is 24.9 Å². The molecule has 27 heavy (non-hydrogen) atoms. The highest BCUT2D eigenvalue weighted by Crippen LogP contribution is 2.25. The molecule has 1 saturated heterocycles. The molecular weight excluding hydrogens is 392 g/mol. The first-order valence-corrected chi connectivity index (χ1v) is 10.5. The molecule has 1 amide bonds. The number of hydrogen-bond donors (Lipinski definition) is 0. The summed E-state index contributed by atoms with van der Waals surface area (Å²) < 4.78 is 30.7. The smallest absolute Gasteiger partial charge is 0.338 e. The monoisotopic (exact) mass is 416 g/mol. The fourth-order valence-corrected chi connectivity index (χ4v) is 4.59. The molecule has 7 nitrogen and oxygen atoms in total. The lowest BCUT2D eigenvalue weighted by molar-refractivity contribution is -0.137. The van der Waals surface area contributed by atoms with Crippen molar-refractivity contribution in [3.05, 3.63) is 28.8 Å². The number of ether oxygens (including phenoxy) is 1. The Morgan fingerprint density at radius 3 is 2.37 bits per heavy atom. The van der Waals surface area contributed by atoms with Crippen molar-refractivity contribution in [2.75, 3.05) is 33.8 Å². The van der Waals surface area contributed by atoms with E-state index in [2.05, 4.69) is 13.8 Å². The normalized spacial score (nSPS) is 20.6. The van der Waals surface area contributed by atoms with Crippen LogP contribution in [0.2, 0.25) is 5.02 Å². The largest absolute Gasteiger partial charge is 0.452 e. The molecule has 2 atom stereocenters. The van der Waals surface area contributed by atoms with Crippen molar-refractivity contribution < 1.29 is 22.7 Å². The van der Waals surface area contributed by atoms with Crippen LogP contribution in [0.15, 0.2) is 23.1 Å². The number of esters is 1. The van der Waals surface area contributed by atoms with E-state index in [4.69, 9.17) is 16.3 Å². The number of rotatable bonds is 5. The van der Waals surface area contributed by atoms with Gasteiger partial charge in [0.1, 0.15) is 4.90 Å². The zero-order chi connectivity index (χ0) is 20.4. The Morgan fingerprint density at radius 2 is 1.81 bits per heavy atom. The molecular formula is C18H25ClN2O5S. The number of hydrogen-bond acceptors (Lipinski definition) is 5.